The second-order valence-corrected chi connectivity index (χ2v) is 11.7. The molecular weight excluding hydrogens is 563 g/mol. The molecule has 39 heavy (non-hydrogen) atoms. The van der Waals surface area contributed by atoms with Crippen LogP contribution in [0.1, 0.15) is 45.0 Å². The van der Waals surface area contributed by atoms with Gasteiger partial charge in [0.2, 0.25) is 0 Å². The second kappa shape index (κ2) is 11.0. The van der Waals surface area contributed by atoms with Gasteiger partial charge in [0, 0.05) is 29.5 Å². The average molecular weight is 587 g/mol. The standard InChI is InChI=1S/C33H24N2O.2ClH.Cr/c36-32-22(20-34-21-23-11-7-8-19-35-23)10-9-18-30(32)33-27-15-4-1-12-24(27)31(25-13-2-5-16-28(25)33)26-14-3-6-17-29(26)33;;;/h1-20,31,34H,21H2;2*1H;/q;;;+2/p-2/b22-20+;;;. The van der Waals surface area contributed by atoms with Crippen LogP contribution in [0.15, 0.2) is 133 Å². The molecule has 3 nitrogen and oxygen atoms in total. The Kier molecular flexibility index (Phi) is 7.30. The third-order valence-electron chi connectivity index (χ3n) is 7.74. The van der Waals surface area contributed by atoms with Gasteiger partial charge in [-0.15, -0.1) is 0 Å². The molecule has 1 N–H and O–H groups in total. The van der Waals surface area contributed by atoms with E-state index >= 15 is 0 Å². The number of carbonyl (C=O) groups excluding carboxylic acids is 1. The number of nitrogens with zero attached hydrogens (tertiary/aromatic N) is 1. The van der Waals surface area contributed by atoms with Crippen LogP contribution < -0.4 is 5.32 Å². The first-order valence-electron chi connectivity index (χ1n) is 12.7. The first kappa shape index (κ1) is 25.9. The van der Waals surface area contributed by atoms with Gasteiger partial charge in [-0.1, -0.05) is 91.0 Å². The molecule has 0 saturated heterocycles. The van der Waals surface area contributed by atoms with Gasteiger partial charge in [-0.05, 0) is 51.6 Å². The normalized spacial score (nSPS) is 20.8. The van der Waals surface area contributed by atoms with E-state index in [1.54, 1.807) is 6.20 Å². The van der Waals surface area contributed by atoms with E-state index in [0.29, 0.717) is 12.1 Å². The molecule has 0 spiro atoms. The average Bonchev–Trinajstić information content (AvgIpc) is 2.99. The molecule has 3 aromatic carbocycles. The van der Waals surface area contributed by atoms with Crippen LogP contribution >= 0.6 is 20.1 Å². The fraction of sp³-hybridized carbons (Fsp3) is 0.0909. The van der Waals surface area contributed by atoms with Gasteiger partial charge in [-0.3, -0.25) is 9.78 Å². The number of hydrogen-bond donors (Lipinski definition) is 1. The van der Waals surface area contributed by atoms with E-state index in [4.69, 9.17) is 20.1 Å². The van der Waals surface area contributed by atoms with Gasteiger partial charge in [0.05, 0.1) is 17.7 Å². The molecule has 4 aliphatic carbocycles. The van der Waals surface area contributed by atoms with E-state index in [-0.39, 0.29) is 25.1 Å². The van der Waals surface area contributed by atoms with Gasteiger partial charge in [0.1, 0.15) is 0 Å². The van der Waals surface area contributed by atoms with E-state index in [0.717, 1.165) is 11.3 Å². The van der Waals surface area contributed by atoms with Crippen LogP contribution in [0.4, 0.5) is 0 Å². The second-order valence-electron chi connectivity index (χ2n) is 9.57. The molecule has 1 aromatic heterocycles. The molecule has 0 saturated carbocycles. The van der Waals surface area contributed by atoms with Crippen molar-refractivity contribution in [1.82, 2.24) is 10.3 Å². The van der Waals surface area contributed by atoms with E-state index in [1.807, 2.05) is 42.6 Å². The molecule has 0 amide bonds. The summed E-state index contributed by atoms with van der Waals surface area (Å²) in [6, 6.07) is 31.8. The summed E-state index contributed by atoms with van der Waals surface area (Å²) in [6.45, 7) is 0.561. The summed E-state index contributed by atoms with van der Waals surface area (Å²) < 4.78 is 0. The van der Waals surface area contributed by atoms with Crippen LogP contribution in [0.25, 0.3) is 0 Å². The van der Waals surface area contributed by atoms with Crippen molar-refractivity contribution < 1.29 is 18.2 Å². The van der Waals surface area contributed by atoms with Crippen LogP contribution in [0, 0.1) is 0 Å². The van der Waals surface area contributed by atoms with Crippen LogP contribution in [-0.4, -0.2) is 10.8 Å². The first-order chi connectivity index (χ1) is 19.2. The number of pyridine rings is 1. The molecule has 0 radical (unpaired) electrons. The third kappa shape index (κ3) is 4.20. The van der Waals surface area contributed by atoms with Crippen LogP contribution in [-0.2, 0) is 30.1 Å². The van der Waals surface area contributed by atoms with Crippen molar-refractivity contribution in [3.63, 3.8) is 0 Å². The SMILES string of the molecule is O=C1C(C23c4ccccc4C(c4ccccc42)c2ccccc23)=CC=C/C1=C\NCc1ccccn1.[Cl][Cr][Cl]. The molecule has 1 heterocycles. The maximum absolute atomic E-state index is 14.2. The Balaban J connectivity index is 0.000000883. The van der Waals surface area contributed by atoms with Crippen LogP contribution in [0.5, 0.6) is 0 Å². The third-order valence-corrected chi connectivity index (χ3v) is 7.74. The number of halogens is 2. The molecule has 8 rings (SSSR count). The molecule has 0 atom stereocenters. The van der Waals surface area contributed by atoms with Crippen molar-refractivity contribution in [2.75, 3.05) is 0 Å². The Hall–Kier alpha value is -3.39. The van der Waals surface area contributed by atoms with E-state index in [9.17, 15) is 4.79 Å². The molecule has 0 fully saturated rings. The van der Waals surface area contributed by atoms with Crippen LogP contribution in [0.3, 0.4) is 0 Å². The summed E-state index contributed by atoms with van der Waals surface area (Å²) in [7, 11) is 9.65. The summed E-state index contributed by atoms with van der Waals surface area (Å²) >= 11 is -0.181. The zero-order chi connectivity index (χ0) is 26.8. The molecule has 2 bridgehead atoms. The predicted molar refractivity (Wildman–Crippen MR) is 153 cm³/mol. The molecule has 0 aliphatic heterocycles. The molecule has 0 unspecified atom stereocenters. The number of ketones is 1. The fourth-order valence-electron chi connectivity index (χ4n) is 6.38. The Bertz CT molecular complexity index is 1530. The van der Waals surface area contributed by atoms with Gasteiger partial charge < -0.3 is 5.32 Å². The number of rotatable bonds is 4. The number of carbonyl (C=O) groups is 1. The minimum absolute atomic E-state index is 0.0470. The first-order valence-corrected chi connectivity index (χ1v) is 16.2. The Morgan fingerprint density at radius 3 is 1.90 bits per heavy atom. The quantitative estimate of drug-likeness (QED) is 0.254. The fourth-order valence-corrected chi connectivity index (χ4v) is 6.38. The summed E-state index contributed by atoms with van der Waals surface area (Å²) in [6.07, 6.45) is 9.53. The molecule has 192 valence electrons. The monoisotopic (exact) mass is 586 g/mol. The summed E-state index contributed by atoms with van der Waals surface area (Å²) in [4.78, 5) is 18.6. The van der Waals surface area contributed by atoms with Gasteiger partial charge in [-0.25, -0.2) is 0 Å². The van der Waals surface area contributed by atoms with E-state index in [1.165, 1.54) is 33.4 Å². The van der Waals surface area contributed by atoms with Crippen molar-refractivity contribution in [2.45, 2.75) is 17.9 Å². The number of Topliss-reactive ketones (excluding diaryl/α,β-unsaturated/α-hetero) is 1. The molecule has 6 heteroatoms. The summed E-state index contributed by atoms with van der Waals surface area (Å²) in [5.41, 5.74) is 9.22. The van der Waals surface area contributed by atoms with Gasteiger partial charge in [0.25, 0.3) is 0 Å². The minimum atomic E-state index is -0.652. The maximum atomic E-state index is 14.2. The molecule has 4 aliphatic rings. The zero-order valence-electron chi connectivity index (χ0n) is 20.9. The van der Waals surface area contributed by atoms with Crippen molar-refractivity contribution in [1.29, 1.82) is 0 Å². The number of benzene rings is 3. The van der Waals surface area contributed by atoms with Crippen molar-refractivity contribution >= 4 is 25.9 Å². The molecule has 4 aromatic rings. The van der Waals surface area contributed by atoms with Gasteiger partial charge >= 0.3 is 33.5 Å². The van der Waals surface area contributed by atoms with Crippen molar-refractivity contribution in [3.05, 3.63) is 172 Å². The Labute approximate surface area is 243 Å². The van der Waals surface area contributed by atoms with Crippen LogP contribution in [0.2, 0.25) is 0 Å². The van der Waals surface area contributed by atoms with Gasteiger partial charge in [-0.2, -0.15) is 0 Å². The summed E-state index contributed by atoms with van der Waals surface area (Å²) in [5, 5.41) is 3.30. The van der Waals surface area contributed by atoms with Gasteiger partial charge in [0.15, 0.2) is 5.78 Å². The number of nitrogens with one attached hydrogen (secondary N) is 1. The number of aromatic nitrogens is 1. The topological polar surface area (TPSA) is 42.0 Å². The Morgan fingerprint density at radius 1 is 0.821 bits per heavy atom. The zero-order valence-corrected chi connectivity index (χ0v) is 23.6. The van der Waals surface area contributed by atoms with Crippen molar-refractivity contribution in [2.24, 2.45) is 0 Å². The Morgan fingerprint density at radius 2 is 1.36 bits per heavy atom. The van der Waals surface area contributed by atoms with E-state index in [2.05, 4.69) is 83.1 Å². The molecular formula is C33H24Cl2CrN2O. The van der Waals surface area contributed by atoms with E-state index < -0.39 is 5.41 Å². The number of hydrogen-bond acceptors (Lipinski definition) is 3. The van der Waals surface area contributed by atoms with Crippen molar-refractivity contribution in [3.8, 4) is 0 Å². The predicted octanol–water partition coefficient (Wildman–Crippen LogP) is 7.34. The summed E-state index contributed by atoms with van der Waals surface area (Å²) in [5.74, 6) is 0.228. The number of allylic oxidation sites excluding steroid dienone is 5.